The fraction of sp³-hybridized carbons (Fsp3) is 1.00. The van der Waals surface area contributed by atoms with Crippen molar-refractivity contribution in [2.24, 2.45) is 5.92 Å². The minimum Gasteiger partial charge on any atom is -0.396 e. The Balaban J connectivity index is 3.79. The SMILES string of the molecule is CCC(CO)C(C)(C)O. The van der Waals surface area contributed by atoms with Crippen LogP contribution >= 0.6 is 0 Å². The Morgan fingerprint density at radius 1 is 1.44 bits per heavy atom. The van der Waals surface area contributed by atoms with Gasteiger partial charge < -0.3 is 10.2 Å². The van der Waals surface area contributed by atoms with Crippen molar-refractivity contribution in [1.29, 1.82) is 0 Å². The Hall–Kier alpha value is -0.0800. The highest BCUT2D eigenvalue weighted by Crippen LogP contribution is 2.18. The maximum Gasteiger partial charge on any atom is 0.0641 e. The van der Waals surface area contributed by atoms with Gasteiger partial charge in [0.1, 0.15) is 0 Å². The Bertz CT molecular complexity index is 69.5. The van der Waals surface area contributed by atoms with Crippen molar-refractivity contribution < 1.29 is 10.2 Å². The van der Waals surface area contributed by atoms with E-state index < -0.39 is 5.60 Å². The third-order valence-electron chi connectivity index (χ3n) is 1.71. The van der Waals surface area contributed by atoms with Crippen molar-refractivity contribution in [3.05, 3.63) is 0 Å². The average molecular weight is 132 g/mol. The van der Waals surface area contributed by atoms with Crippen molar-refractivity contribution in [1.82, 2.24) is 0 Å². The summed E-state index contributed by atoms with van der Waals surface area (Å²) in [6.45, 7) is 5.47. The molecule has 0 spiro atoms. The summed E-state index contributed by atoms with van der Waals surface area (Å²) in [6, 6.07) is 0. The van der Waals surface area contributed by atoms with Gasteiger partial charge >= 0.3 is 0 Å². The molecule has 0 aromatic carbocycles. The largest absolute Gasteiger partial charge is 0.396 e. The maximum absolute atomic E-state index is 9.32. The Kier molecular flexibility index (Phi) is 3.15. The first-order chi connectivity index (χ1) is 4.02. The summed E-state index contributed by atoms with van der Waals surface area (Å²) in [5.41, 5.74) is -0.733. The quantitative estimate of drug-likeness (QED) is 0.595. The van der Waals surface area contributed by atoms with Crippen LogP contribution in [0.5, 0.6) is 0 Å². The van der Waals surface area contributed by atoms with Crippen molar-refractivity contribution in [2.45, 2.75) is 32.8 Å². The number of hydrogen-bond acceptors (Lipinski definition) is 2. The van der Waals surface area contributed by atoms with Gasteiger partial charge in [-0.3, -0.25) is 0 Å². The summed E-state index contributed by atoms with van der Waals surface area (Å²) in [6.07, 6.45) is 0.819. The van der Waals surface area contributed by atoms with Crippen molar-refractivity contribution >= 4 is 0 Å². The van der Waals surface area contributed by atoms with Gasteiger partial charge in [0.2, 0.25) is 0 Å². The molecular weight excluding hydrogens is 116 g/mol. The van der Waals surface area contributed by atoms with Crippen LogP contribution in [0.2, 0.25) is 0 Å². The first-order valence-corrected chi connectivity index (χ1v) is 3.35. The number of hydrogen-bond donors (Lipinski definition) is 2. The molecule has 0 heterocycles. The number of aliphatic hydroxyl groups excluding tert-OH is 1. The molecule has 0 saturated carbocycles. The van der Waals surface area contributed by atoms with Crippen LogP contribution in [0.25, 0.3) is 0 Å². The van der Waals surface area contributed by atoms with Gasteiger partial charge in [-0.1, -0.05) is 6.92 Å². The lowest BCUT2D eigenvalue weighted by Crippen LogP contribution is -2.32. The summed E-state index contributed by atoms with van der Waals surface area (Å²) < 4.78 is 0. The summed E-state index contributed by atoms with van der Waals surface area (Å²) in [5, 5.41) is 18.0. The van der Waals surface area contributed by atoms with Gasteiger partial charge in [-0.05, 0) is 20.3 Å². The van der Waals surface area contributed by atoms with Crippen LogP contribution in [0.3, 0.4) is 0 Å². The third-order valence-corrected chi connectivity index (χ3v) is 1.71. The fourth-order valence-electron chi connectivity index (χ4n) is 0.852. The minimum absolute atomic E-state index is 0.0116. The van der Waals surface area contributed by atoms with Crippen LogP contribution in [-0.4, -0.2) is 22.4 Å². The second-order valence-corrected chi connectivity index (χ2v) is 2.94. The van der Waals surface area contributed by atoms with Crippen molar-refractivity contribution in [2.75, 3.05) is 6.61 Å². The monoisotopic (exact) mass is 132 g/mol. The van der Waals surface area contributed by atoms with E-state index in [-0.39, 0.29) is 12.5 Å². The van der Waals surface area contributed by atoms with Crippen LogP contribution in [0.15, 0.2) is 0 Å². The summed E-state index contributed by atoms with van der Waals surface area (Å²) in [7, 11) is 0. The highest BCUT2D eigenvalue weighted by atomic mass is 16.3. The van der Waals surface area contributed by atoms with Gasteiger partial charge in [0.25, 0.3) is 0 Å². The average Bonchev–Trinajstić information content (AvgIpc) is 1.65. The highest BCUT2D eigenvalue weighted by Gasteiger charge is 2.23. The van der Waals surface area contributed by atoms with Gasteiger partial charge in [-0.25, -0.2) is 0 Å². The van der Waals surface area contributed by atoms with E-state index in [2.05, 4.69) is 0 Å². The van der Waals surface area contributed by atoms with Crippen molar-refractivity contribution in [3.8, 4) is 0 Å². The number of aliphatic hydroxyl groups is 2. The predicted octanol–water partition coefficient (Wildman–Crippen LogP) is 0.776. The summed E-state index contributed by atoms with van der Waals surface area (Å²) in [5.74, 6) is 0.0116. The molecule has 0 aliphatic rings. The van der Waals surface area contributed by atoms with Crippen LogP contribution in [0.4, 0.5) is 0 Å². The van der Waals surface area contributed by atoms with E-state index in [9.17, 15) is 5.11 Å². The highest BCUT2D eigenvalue weighted by molar-refractivity contribution is 4.74. The van der Waals surface area contributed by atoms with Crippen LogP contribution in [0.1, 0.15) is 27.2 Å². The van der Waals surface area contributed by atoms with Gasteiger partial charge in [-0.2, -0.15) is 0 Å². The second kappa shape index (κ2) is 3.18. The van der Waals surface area contributed by atoms with Crippen molar-refractivity contribution in [3.63, 3.8) is 0 Å². The number of rotatable bonds is 3. The molecule has 0 bridgehead atoms. The zero-order valence-electron chi connectivity index (χ0n) is 6.39. The molecule has 0 saturated heterocycles. The van der Waals surface area contributed by atoms with E-state index in [1.807, 2.05) is 6.92 Å². The molecule has 0 aromatic rings. The van der Waals surface area contributed by atoms with E-state index in [4.69, 9.17) is 5.11 Å². The predicted molar refractivity (Wildman–Crippen MR) is 37.2 cm³/mol. The molecule has 2 N–H and O–H groups in total. The molecule has 2 heteroatoms. The second-order valence-electron chi connectivity index (χ2n) is 2.94. The molecule has 56 valence electrons. The van der Waals surface area contributed by atoms with Crippen LogP contribution in [-0.2, 0) is 0 Å². The van der Waals surface area contributed by atoms with Crippen LogP contribution < -0.4 is 0 Å². The van der Waals surface area contributed by atoms with E-state index in [1.165, 1.54) is 0 Å². The third kappa shape index (κ3) is 2.82. The summed E-state index contributed by atoms with van der Waals surface area (Å²) >= 11 is 0. The zero-order chi connectivity index (χ0) is 7.49. The molecule has 0 aliphatic carbocycles. The molecule has 1 atom stereocenters. The first-order valence-electron chi connectivity index (χ1n) is 3.35. The molecular formula is C7H16O2. The Morgan fingerprint density at radius 3 is 1.89 bits per heavy atom. The van der Waals surface area contributed by atoms with Crippen LogP contribution in [0, 0.1) is 5.92 Å². The molecule has 0 aromatic heterocycles. The molecule has 0 aliphatic heterocycles. The fourth-order valence-corrected chi connectivity index (χ4v) is 0.852. The van der Waals surface area contributed by atoms with Gasteiger partial charge in [0, 0.05) is 12.5 Å². The van der Waals surface area contributed by atoms with E-state index in [1.54, 1.807) is 13.8 Å². The smallest absolute Gasteiger partial charge is 0.0641 e. The molecule has 0 amide bonds. The first kappa shape index (κ1) is 8.92. The normalized spacial score (nSPS) is 15.7. The lowest BCUT2D eigenvalue weighted by Gasteiger charge is -2.26. The minimum atomic E-state index is -0.733. The molecule has 9 heavy (non-hydrogen) atoms. The van der Waals surface area contributed by atoms with E-state index in [0.29, 0.717) is 0 Å². The topological polar surface area (TPSA) is 40.5 Å². The Morgan fingerprint density at radius 2 is 1.89 bits per heavy atom. The molecule has 0 fully saturated rings. The van der Waals surface area contributed by atoms with E-state index in [0.717, 1.165) is 6.42 Å². The summed E-state index contributed by atoms with van der Waals surface area (Å²) in [4.78, 5) is 0. The lowest BCUT2D eigenvalue weighted by molar-refractivity contribution is -0.00992. The maximum atomic E-state index is 9.32. The zero-order valence-corrected chi connectivity index (χ0v) is 6.39. The Labute approximate surface area is 56.5 Å². The van der Waals surface area contributed by atoms with Gasteiger partial charge in [0.05, 0.1) is 5.60 Å². The molecule has 1 unspecified atom stereocenters. The lowest BCUT2D eigenvalue weighted by atomic mass is 9.90. The molecule has 0 rings (SSSR count). The van der Waals surface area contributed by atoms with Gasteiger partial charge in [0.15, 0.2) is 0 Å². The van der Waals surface area contributed by atoms with Gasteiger partial charge in [-0.15, -0.1) is 0 Å². The molecule has 2 nitrogen and oxygen atoms in total. The molecule has 0 radical (unpaired) electrons. The van der Waals surface area contributed by atoms with E-state index >= 15 is 0 Å². The standard InChI is InChI=1S/C7H16O2/c1-4-6(5-8)7(2,3)9/h6,8-9H,4-5H2,1-3H3.